The number of ether oxygens (including phenoxy) is 2. The summed E-state index contributed by atoms with van der Waals surface area (Å²) in [6, 6.07) is 7.49. The normalized spacial score (nSPS) is 21.2. The third-order valence-electron chi connectivity index (χ3n) is 6.95. The van der Waals surface area contributed by atoms with Crippen LogP contribution < -0.4 is 10.6 Å². The molecule has 0 bridgehead atoms. The van der Waals surface area contributed by atoms with Crippen molar-refractivity contribution < 1.29 is 19.1 Å². The van der Waals surface area contributed by atoms with Crippen molar-refractivity contribution in [1.29, 1.82) is 0 Å². The lowest BCUT2D eigenvalue weighted by atomic mass is 9.88. The van der Waals surface area contributed by atoms with E-state index in [-0.39, 0.29) is 17.4 Å². The summed E-state index contributed by atoms with van der Waals surface area (Å²) >= 11 is 6.50. The van der Waals surface area contributed by atoms with Gasteiger partial charge < -0.3 is 25.0 Å². The largest absolute Gasteiger partial charge is 0.444 e. The molecule has 2 aliphatic heterocycles. The molecule has 0 aliphatic carbocycles. The van der Waals surface area contributed by atoms with Gasteiger partial charge in [-0.25, -0.2) is 14.8 Å². The summed E-state index contributed by atoms with van der Waals surface area (Å²) in [7, 11) is 0. The van der Waals surface area contributed by atoms with Gasteiger partial charge in [0.15, 0.2) is 0 Å². The second kappa shape index (κ2) is 12.1. The van der Waals surface area contributed by atoms with Gasteiger partial charge in [0, 0.05) is 38.0 Å². The van der Waals surface area contributed by atoms with Crippen LogP contribution in [0.2, 0.25) is 5.02 Å². The molecule has 9 nitrogen and oxygen atoms in total. The zero-order valence-corrected chi connectivity index (χ0v) is 24.3. The molecule has 39 heavy (non-hydrogen) atoms. The van der Waals surface area contributed by atoms with E-state index in [0.29, 0.717) is 47.5 Å². The van der Waals surface area contributed by atoms with Gasteiger partial charge in [-0.15, -0.1) is 0 Å². The van der Waals surface area contributed by atoms with Crippen LogP contribution in [0, 0.1) is 11.8 Å². The Kier molecular flexibility index (Phi) is 9.01. The van der Waals surface area contributed by atoms with Gasteiger partial charge in [0.05, 0.1) is 22.2 Å². The average molecular weight is 558 g/mol. The fourth-order valence-corrected chi connectivity index (χ4v) is 5.28. The van der Waals surface area contributed by atoms with E-state index in [4.69, 9.17) is 26.1 Å². The van der Waals surface area contributed by atoms with E-state index in [2.05, 4.69) is 29.5 Å². The van der Waals surface area contributed by atoms with E-state index in [0.717, 1.165) is 38.2 Å². The van der Waals surface area contributed by atoms with Crippen molar-refractivity contribution in [1.82, 2.24) is 14.9 Å². The summed E-state index contributed by atoms with van der Waals surface area (Å²) < 4.78 is 11.3. The zero-order chi connectivity index (χ0) is 28.2. The quantitative estimate of drug-likeness (QED) is 0.448. The van der Waals surface area contributed by atoms with Crippen molar-refractivity contribution in [2.75, 3.05) is 36.9 Å². The molecule has 2 N–H and O–H groups in total. The second-order valence-corrected chi connectivity index (χ2v) is 12.5. The number of carbonyl (C=O) groups is 2. The maximum atomic E-state index is 13.1. The number of anilines is 2. The van der Waals surface area contributed by atoms with Crippen LogP contribution in [0.1, 0.15) is 60.3 Å². The van der Waals surface area contributed by atoms with E-state index in [9.17, 15) is 9.59 Å². The average Bonchev–Trinajstić information content (AvgIpc) is 2.87. The molecular formula is C29H40ClN5O4. The number of likely N-dealkylation sites (tertiary alicyclic amines) is 1. The third-order valence-corrected chi connectivity index (χ3v) is 7.25. The minimum atomic E-state index is -0.585. The zero-order valence-electron chi connectivity index (χ0n) is 23.6. The van der Waals surface area contributed by atoms with Crippen LogP contribution in [0.3, 0.4) is 0 Å². The van der Waals surface area contributed by atoms with Crippen molar-refractivity contribution in [3.63, 3.8) is 0 Å². The van der Waals surface area contributed by atoms with Crippen LogP contribution in [-0.4, -0.2) is 64.3 Å². The SMILES string of the molecule is CC(C)(C)OC(=O)N1CCCC(C(=O)Nc2cc(-c3cccc(NC[C@@H]4CCOC(C)(C)C4)n3)c(Cl)cn2)C1. The van der Waals surface area contributed by atoms with Gasteiger partial charge in [-0.3, -0.25) is 4.79 Å². The van der Waals surface area contributed by atoms with Crippen LogP contribution >= 0.6 is 11.6 Å². The number of hydrogen-bond acceptors (Lipinski definition) is 7. The molecule has 2 amide bonds. The van der Waals surface area contributed by atoms with E-state index in [1.54, 1.807) is 11.0 Å². The van der Waals surface area contributed by atoms with E-state index in [1.165, 1.54) is 6.20 Å². The fourth-order valence-electron chi connectivity index (χ4n) is 5.08. The smallest absolute Gasteiger partial charge is 0.410 e. The maximum absolute atomic E-state index is 13.1. The lowest BCUT2D eigenvalue weighted by Gasteiger charge is -2.35. The Morgan fingerprint density at radius 3 is 2.77 bits per heavy atom. The highest BCUT2D eigenvalue weighted by atomic mass is 35.5. The maximum Gasteiger partial charge on any atom is 0.410 e. The molecule has 212 valence electrons. The Morgan fingerprint density at radius 2 is 2.03 bits per heavy atom. The summed E-state index contributed by atoms with van der Waals surface area (Å²) in [6.45, 7) is 12.2. The molecule has 0 aromatic carbocycles. The Bertz CT molecular complexity index is 1180. The van der Waals surface area contributed by atoms with Crippen LogP contribution in [0.4, 0.5) is 16.4 Å². The van der Waals surface area contributed by atoms with E-state index >= 15 is 0 Å². The number of nitrogens with zero attached hydrogens (tertiary/aromatic N) is 3. The molecule has 2 atom stereocenters. The summed E-state index contributed by atoms with van der Waals surface area (Å²) in [6.07, 6.45) is 4.55. The lowest BCUT2D eigenvalue weighted by molar-refractivity contribution is -0.121. The minimum absolute atomic E-state index is 0.100. The highest BCUT2D eigenvalue weighted by Crippen LogP contribution is 2.31. The number of pyridine rings is 2. The van der Waals surface area contributed by atoms with Crippen LogP contribution in [-0.2, 0) is 14.3 Å². The molecule has 0 spiro atoms. The van der Waals surface area contributed by atoms with Crippen LogP contribution in [0.5, 0.6) is 0 Å². The number of aromatic nitrogens is 2. The first-order chi connectivity index (χ1) is 18.4. The van der Waals surface area contributed by atoms with Crippen molar-refractivity contribution in [2.45, 2.75) is 71.5 Å². The summed E-state index contributed by atoms with van der Waals surface area (Å²) in [5, 5.41) is 6.81. The highest BCUT2D eigenvalue weighted by Gasteiger charge is 2.31. The van der Waals surface area contributed by atoms with E-state index < -0.39 is 11.7 Å². The number of piperidine rings is 1. The standard InChI is InChI=1S/C29H40ClN5O4/c1-28(2,3)39-27(37)35-12-7-8-20(18-35)26(36)34-25-14-21(22(30)17-32-25)23-9-6-10-24(33-23)31-16-19-11-13-38-29(4,5)15-19/h6,9-10,14,17,19-20H,7-8,11-13,15-16,18H2,1-5H3,(H,31,33)(H,32,34,36)/t19-,20?/m1/s1. The molecule has 10 heteroatoms. The van der Waals surface area contributed by atoms with Crippen molar-refractivity contribution in [2.24, 2.45) is 11.8 Å². The van der Waals surface area contributed by atoms with Gasteiger partial charge in [0.2, 0.25) is 5.91 Å². The fraction of sp³-hybridized carbons (Fsp3) is 0.586. The first-order valence-electron chi connectivity index (χ1n) is 13.7. The predicted octanol–water partition coefficient (Wildman–Crippen LogP) is 6.00. The lowest BCUT2D eigenvalue weighted by Crippen LogP contribution is -2.45. The highest BCUT2D eigenvalue weighted by molar-refractivity contribution is 6.33. The molecule has 2 saturated heterocycles. The first kappa shape index (κ1) is 29.1. The van der Waals surface area contributed by atoms with Gasteiger partial charge in [0.1, 0.15) is 17.2 Å². The van der Waals surface area contributed by atoms with Gasteiger partial charge >= 0.3 is 6.09 Å². The number of hydrogen-bond donors (Lipinski definition) is 2. The molecule has 2 aromatic rings. The molecular weight excluding hydrogens is 518 g/mol. The minimum Gasteiger partial charge on any atom is -0.444 e. The van der Waals surface area contributed by atoms with Gasteiger partial charge in [-0.1, -0.05) is 17.7 Å². The Morgan fingerprint density at radius 1 is 1.23 bits per heavy atom. The summed E-state index contributed by atoms with van der Waals surface area (Å²) in [5.41, 5.74) is 0.677. The van der Waals surface area contributed by atoms with E-state index in [1.807, 2.05) is 39.0 Å². The molecule has 1 unspecified atom stereocenters. The Balaban J connectivity index is 1.40. The van der Waals surface area contributed by atoms with Crippen LogP contribution in [0.25, 0.3) is 11.3 Å². The van der Waals surface area contributed by atoms with Crippen molar-refractivity contribution in [3.8, 4) is 11.3 Å². The molecule has 0 radical (unpaired) electrons. The predicted molar refractivity (Wildman–Crippen MR) is 153 cm³/mol. The topological polar surface area (TPSA) is 106 Å². The second-order valence-electron chi connectivity index (χ2n) is 12.1. The van der Waals surface area contributed by atoms with Gasteiger partial charge in [-0.05, 0) is 84.4 Å². The van der Waals surface area contributed by atoms with Crippen molar-refractivity contribution in [3.05, 3.63) is 35.5 Å². The molecule has 2 fully saturated rings. The molecule has 2 aromatic heterocycles. The molecule has 4 heterocycles. The molecule has 2 aliphatic rings. The monoisotopic (exact) mass is 557 g/mol. The Labute approximate surface area is 236 Å². The summed E-state index contributed by atoms with van der Waals surface area (Å²) in [4.78, 5) is 36.3. The molecule has 0 saturated carbocycles. The summed E-state index contributed by atoms with van der Waals surface area (Å²) in [5.74, 6) is 1.12. The number of halogens is 1. The van der Waals surface area contributed by atoms with Crippen LogP contribution in [0.15, 0.2) is 30.5 Å². The Hall–Kier alpha value is -2.91. The number of nitrogens with one attached hydrogen (secondary N) is 2. The van der Waals surface area contributed by atoms with Crippen molar-refractivity contribution >= 4 is 35.2 Å². The van der Waals surface area contributed by atoms with Gasteiger partial charge in [0.25, 0.3) is 0 Å². The number of amides is 2. The third kappa shape index (κ3) is 8.29. The van der Waals surface area contributed by atoms with Gasteiger partial charge in [-0.2, -0.15) is 0 Å². The first-order valence-corrected chi connectivity index (χ1v) is 14.1. The molecule has 4 rings (SSSR count). The number of carbonyl (C=O) groups excluding carboxylic acids is 2. The number of rotatable bonds is 6.